The van der Waals surface area contributed by atoms with Crippen LogP contribution in [0.15, 0.2) is 12.2 Å². The van der Waals surface area contributed by atoms with Crippen LogP contribution >= 0.6 is 0 Å². The first-order chi connectivity index (χ1) is 7.07. The van der Waals surface area contributed by atoms with Crippen molar-refractivity contribution in [2.45, 2.75) is 19.8 Å². The van der Waals surface area contributed by atoms with E-state index in [9.17, 15) is 9.59 Å². The Hall–Kier alpha value is -1.36. The van der Waals surface area contributed by atoms with Crippen molar-refractivity contribution in [1.82, 2.24) is 5.32 Å². The molecule has 0 aromatic carbocycles. The van der Waals surface area contributed by atoms with Crippen LogP contribution < -0.4 is 11.1 Å². The van der Waals surface area contributed by atoms with Gasteiger partial charge in [0.1, 0.15) is 6.61 Å². The number of carbonyl (C=O) groups is 2. The first kappa shape index (κ1) is 13.6. The number of hydrogen-bond acceptors (Lipinski definition) is 4. The van der Waals surface area contributed by atoms with E-state index in [1.54, 1.807) is 6.92 Å². The van der Waals surface area contributed by atoms with E-state index in [2.05, 4.69) is 16.6 Å². The van der Waals surface area contributed by atoms with Crippen LogP contribution in [0.2, 0.25) is 0 Å². The highest BCUT2D eigenvalue weighted by molar-refractivity contribution is 5.86. The van der Waals surface area contributed by atoms with Gasteiger partial charge < -0.3 is 15.8 Å². The average Bonchev–Trinajstić information content (AvgIpc) is 2.66. The second kappa shape index (κ2) is 7.99. The van der Waals surface area contributed by atoms with Crippen molar-refractivity contribution in [3.63, 3.8) is 0 Å². The van der Waals surface area contributed by atoms with Crippen molar-refractivity contribution < 1.29 is 14.3 Å². The van der Waals surface area contributed by atoms with Crippen LogP contribution in [0.1, 0.15) is 19.8 Å². The maximum atomic E-state index is 10.5. The van der Waals surface area contributed by atoms with Crippen molar-refractivity contribution in [2.75, 3.05) is 19.7 Å². The van der Waals surface area contributed by atoms with Gasteiger partial charge in [-0.1, -0.05) is 6.58 Å². The number of hydrogen-bond donors (Lipinski definition) is 2. The van der Waals surface area contributed by atoms with Crippen LogP contribution in [0.5, 0.6) is 0 Å². The van der Waals surface area contributed by atoms with Crippen LogP contribution in [0.4, 0.5) is 0 Å². The molecule has 1 aliphatic rings. The van der Waals surface area contributed by atoms with Crippen molar-refractivity contribution in [3.8, 4) is 0 Å². The highest BCUT2D eigenvalue weighted by Crippen LogP contribution is 1.93. The lowest BCUT2D eigenvalue weighted by atomic mass is 10.4. The van der Waals surface area contributed by atoms with Gasteiger partial charge in [0.05, 0.1) is 0 Å². The number of rotatable bonds is 3. The molecule has 1 heterocycles. The fourth-order valence-electron chi connectivity index (χ4n) is 0.840. The molecule has 15 heavy (non-hydrogen) atoms. The molecule has 0 saturated carbocycles. The minimum Gasteiger partial charge on any atom is -0.461 e. The van der Waals surface area contributed by atoms with E-state index in [1.807, 2.05) is 0 Å². The minimum absolute atomic E-state index is 0.204. The fraction of sp³-hybridized carbons (Fsp3) is 0.600. The molecule has 86 valence electrons. The summed E-state index contributed by atoms with van der Waals surface area (Å²) in [6.07, 6.45) is 1.76. The molecule has 5 heteroatoms. The predicted octanol–water partition coefficient (Wildman–Crippen LogP) is -0.0392. The van der Waals surface area contributed by atoms with E-state index < -0.39 is 0 Å². The summed E-state index contributed by atoms with van der Waals surface area (Å²) in [6, 6.07) is 0. The molecule has 0 spiro atoms. The standard InChI is InChI=1S/C6H11NO2.C4H7NO/c1-5(2)6(8)9-4-3-7;6-4-2-1-3-5-4/h1,3-4,7H2,2H3;1-3H2,(H,5,6). The Kier molecular flexibility index (Phi) is 7.27. The highest BCUT2D eigenvalue weighted by Gasteiger charge is 2.05. The number of carbonyl (C=O) groups excluding carboxylic acids is 2. The van der Waals surface area contributed by atoms with Crippen molar-refractivity contribution in [1.29, 1.82) is 0 Å². The number of ether oxygens (including phenoxy) is 1. The van der Waals surface area contributed by atoms with Gasteiger partial charge in [0.15, 0.2) is 0 Å². The summed E-state index contributed by atoms with van der Waals surface area (Å²) in [7, 11) is 0. The van der Waals surface area contributed by atoms with E-state index in [0.29, 0.717) is 12.1 Å². The van der Waals surface area contributed by atoms with Gasteiger partial charge in [-0.15, -0.1) is 0 Å². The molecule has 3 N–H and O–H groups in total. The Morgan fingerprint density at radius 2 is 2.33 bits per heavy atom. The van der Waals surface area contributed by atoms with E-state index in [1.165, 1.54) is 0 Å². The molecule has 0 aliphatic carbocycles. The highest BCUT2D eigenvalue weighted by atomic mass is 16.5. The van der Waals surface area contributed by atoms with Crippen LogP contribution in [0.25, 0.3) is 0 Å². The van der Waals surface area contributed by atoms with Gasteiger partial charge in [-0.3, -0.25) is 4.79 Å². The van der Waals surface area contributed by atoms with Gasteiger partial charge in [-0.05, 0) is 13.3 Å². The molecular formula is C10H18N2O3. The summed E-state index contributed by atoms with van der Waals surface area (Å²) in [5, 5.41) is 2.68. The predicted molar refractivity (Wildman–Crippen MR) is 57.1 cm³/mol. The van der Waals surface area contributed by atoms with E-state index in [0.717, 1.165) is 19.4 Å². The van der Waals surface area contributed by atoms with Crippen LogP contribution in [-0.4, -0.2) is 31.6 Å². The van der Waals surface area contributed by atoms with E-state index in [4.69, 9.17) is 5.73 Å². The van der Waals surface area contributed by atoms with Crippen molar-refractivity contribution >= 4 is 11.9 Å². The van der Waals surface area contributed by atoms with Crippen LogP contribution in [0, 0.1) is 0 Å². The summed E-state index contributed by atoms with van der Waals surface area (Å²) in [6.45, 7) is 6.51. The van der Waals surface area contributed by atoms with Gasteiger partial charge in [0.2, 0.25) is 5.91 Å². The summed E-state index contributed by atoms with van der Waals surface area (Å²) < 4.78 is 4.59. The van der Waals surface area contributed by atoms with Crippen LogP contribution in [-0.2, 0) is 14.3 Å². The Morgan fingerprint density at radius 3 is 2.60 bits per heavy atom. The third-order valence-electron chi connectivity index (χ3n) is 1.60. The third kappa shape index (κ3) is 7.69. The number of amides is 1. The Balaban J connectivity index is 0.000000280. The van der Waals surface area contributed by atoms with Gasteiger partial charge >= 0.3 is 5.97 Å². The first-order valence-electron chi connectivity index (χ1n) is 4.87. The Labute approximate surface area is 89.7 Å². The van der Waals surface area contributed by atoms with Gasteiger partial charge in [-0.25, -0.2) is 4.79 Å². The van der Waals surface area contributed by atoms with Gasteiger partial charge in [-0.2, -0.15) is 0 Å². The second-order valence-corrected chi connectivity index (χ2v) is 3.16. The van der Waals surface area contributed by atoms with Crippen LogP contribution in [0.3, 0.4) is 0 Å². The zero-order valence-electron chi connectivity index (χ0n) is 9.04. The number of esters is 1. The molecule has 0 radical (unpaired) electrons. The molecule has 0 aromatic rings. The van der Waals surface area contributed by atoms with E-state index in [-0.39, 0.29) is 18.5 Å². The molecule has 1 aliphatic heterocycles. The monoisotopic (exact) mass is 214 g/mol. The molecule has 1 amide bonds. The molecule has 0 atom stereocenters. The maximum Gasteiger partial charge on any atom is 0.333 e. The largest absolute Gasteiger partial charge is 0.461 e. The molecule has 0 aromatic heterocycles. The zero-order chi connectivity index (χ0) is 11.7. The molecular weight excluding hydrogens is 196 g/mol. The van der Waals surface area contributed by atoms with Gasteiger partial charge in [0, 0.05) is 25.1 Å². The number of nitrogens with one attached hydrogen (secondary N) is 1. The first-order valence-corrected chi connectivity index (χ1v) is 4.87. The third-order valence-corrected chi connectivity index (χ3v) is 1.60. The second-order valence-electron chi connectivity index (χ2n) is 3.16. The topological polar surface area (TPSA) is 81.4 Å². The summed E-state index contributed by atoms with van der Waals surface area (Å²) in [4.78, 5) is 20.7. The normalized spacial score (nSPS) is 13.6. The average molecular weight is 214 g/mol. The van der Waals surface area contributed by atoms with Crippen molar-refractivity contribution in [3.05, 3.63) is 12.2 Å². The number of nitrogens with two attached hydrogens (primary N) is 1. The summed E-state index contributed by atoms with van der Waals surface area (Å²) >= 11 is 0. The molecule has 1 rings (SSSR count). The summed E-state index contributed by atoms with van der Waals surface area (Å²) in [5.74, 6) is -0.171. The minimum atomic E-state index is -0.375. The Morgan fingerprint density at radius 1 is 1.67 bits per heavy atom. The van der Waals surface area contributed by atoms with Crippen molar-refractivity contribution in [2.24, 2.45) is 5.73 Å². The lowest BCUT2D eigenvalue weighted by Gasteiger charge is -1.99. The SMILES string of the molecule is C=C(C)C(=O)OCCN.O=C1CCCN1. The molecule has 0 unspecified atom stereocenters. The molecule has 1 fully saturated rings. The summed E-state index contributed by atoms with van der Waals surface area (Å²) in [5.41, 5.74) is 5.48. The quantitative estimate of drug-likeness (QED) is 0.510. The lowest BCUT2D eigenvalue weighted by molar-refractivity contribution is -0.138. The lowest BCUT2D eigenvalue weighted by Crippen LogP contribution is -2.13. The van der Waals surface area contributed by atoms with Gasteiger partial charge in [0.25, 0.3) is 0 Å². The molecule has 5 nitrogen and oxygen atoms in total. The maximum absolute atomic E-state index is 10.5. The molecule has 0 bridgehead atoms. The Bertz CT molecular complexity index is 231. The van der Waals surface area contributed by atoms with E-state index >= 15 is 0 Å². The molecule has 1 saturated heterocycles. The zero-order valence-corrected chi connectivity index (χ0v) is 9.04. The fourth-order valence-corrected chi connectivity index (χ4v) is 0.840. The smallest absolute Gasteiger partial charge is 0.333 e.